The molecule has 3 heterocycles. The molecule has 0 fully saturated rings. The van der Waals surface area contributed by atoms with E-state index in [1.165, 1.54) is 70.8 Å². The van der Waals surface area contributed by atoms with Crippen molar-refractivity contribution in [2.75, 3.05) is 0 Å². The summed E-state index contributed by atoms with van der Waals surface area (Å²) in [5.41, 5.74) is 8.89. The summed E-state index contributed by atoms with van der Waals surface area (Å²) in [7, 11) is 0. The highest BCUT2D eigenvalue weighted by Gasteiger charge is 2.24. The van der Waals surface area contributed by atoms with E-state index >= 15 is 0 Å². The quantitative estimate of drug-likeness (QED) is 0.182. The molecule has 0 saturated heterocycles. The van der Waals surface area contributed by atoms with Crippen LogP contribution in [0.3, 0.4) is 0 Å². The lowest BCUT2D eigenvalue weighted by Gasteiger charge is -2.14. The van der Waals surface area contributed by atoms with E-state index in [4.69, 9.17) is 4.42 Å². The topological polar surface area (TPSA) is 23.0 Å². The van der Waals surface area contributed by atoms with Gasteiger partial charge in [-0.3, -0.25) is 0 Å². The number of benzene rings is 8. The third-order valence-corrected chi connectivity index (χ3v) is 10.1. The van der Waals surface area contributed by atoms with Crippen LogP contribution in [0.15, 0.2) is 162 Å². The molecule has 0 atom stereocenters. The van der Waals surface area contributed by atoms with Crippen LogP contribution in [-0.4, -0.2) is 9.13 Å². The van der Waals surface area contributed by atoms with E-state index < -0.39 is 0 Å². The second-order valence-corrected chi connectivity index (χ2v) is 12.5. The zero-order valence-corrected chi connectivity index (χ0v) is 25.3. The molecule has 0 aliphatic carbocycles. The van der Waals surface area contributed by atoms with Crippen LogP contribution < -0.4 is 0 Å². The highest BCUT2D eigenvalue weighted by molar-refractivity contribution is 6.33. The molecule has 0 spiro atoms. The molecule has 3 nitrogen and oxygen atoms in total. The fourth-order valence-electron chi connectivity index (χ4n) is 8.19. The van der Waals surface area contributed by atoms with Crippen LogP contribution >= 0.6 is 0 Å². The minimum absolute atomic E-state index is 0.903. The molecule has 8 aromatic carbocycles. The van der Waals surface area contributed by atoms with Gasteiger partial charge < -0.3 is 13.6 Å². The highest BCUT2D eigenvalue weighted by atomic mass is 16.3. The first-order valence-corrected chi connectivity index (χ1v) is 16.1. The van der Waals surface area contributed by atoms with E-state index in [1.54, 1.807) is 0 Å². The summed E-state index contributed by atoms with van der Waals surface area (Å²) >= 11 is 0. The van der Waals surface area contributed by atoms with Gasteiger partial charge >= 0.3 is 0 Å². The number of nitrogens with zero attached hydrogens (tertiary/aromatic N) is 2. The van der Waals surface area contributed by atoms with Crippen molar-refractivity contribution in [3.8, 4) is 11.4 Å². The number of hydrogen-bond donors (Lipinski definition) is 0. The lowest BCUT2D eigenvalue weighted by molar-refractivity contribution is 0.669. The van der Waals surface area contributed by atoms with Gasteiger partial charge in [-0.15, -0.1) is 0 Å². The summed E-state index contributed by atoms with van der Waals surface area (Å²) in [6.07, 6.45) is 0. The number of furan rings is 1. The third kappa shape index (κ3) is 3.25. The van der Waals surface area contributed by atoms with Crippen LogP contribution in [0.2, 0.25) is 0 Å². The highest BCUT2D eigenvalue weighted by Crippen LogP contribution is 2.46. The van der Waals surface area contributed by atoms with Gasteiger partial charge in [-0.2, -0.15) is 0 Å². The van der Waals surface area contributed by atoms with Crippen molar-refractivity contribution in [1.29, 1.82) is 0 Å². The average Bonchev–Trinajstić information content (AvgIpc) is 3.79. The van der Waals surface area contributed by atoms with Crippen LogP contribution in [0.25, 0.3) is 98.5 Å². The Balaban J connectivity index is 1.38. The largest absolute Gasteiger partial charge is 0.456 e. The van der Waals surface area contributed by atoms with Gasteiger partial charge in [-0.05, 0) is 70.8 Å². The molecule has 0 radical (unpaired) electrons. The maximum atomic E-state index is 6.43. The van der Waals surface area contributed by atoms with E-state index in [9.17, 15) is 0 Å². The average molecular weight is 599 g/mol. The second-order valence-electron chi connectivity index (χ2n) is 12.5. The molecule has 0 saturated carbocycles. The number of aromatic nitrogens is 2. The van der Waals surface area contributed by atoms with Crippen molar-refractivity contribution in [2.45, 2.75) is 0 Å². The lowest BCUT2D eigenvalue weighted by atomic mass is 10.00. The Labute approximate surface area is 269 Å². The molecule has 218 valence electrons. The van der Waals surface area contributed by atoms with Gasteiger partial charge in [0.25, 0.3) is 0 Å². The number of rotatable bonds is 2. The van der Waals surface area contributed by atoms with Gasteiger partial charge in [0.2, 0.25) is 0 Å². The molecular weight excluding hydrogens is 572 g/mol. The second kappa shape index (κ2) is 9.12. The maximum Gasteiger partial charge on any atom is 0.137 e. The molecule has 0 bridgehead atoms. The molecule has 3 aromatic heterocycles. The molecule has 47 heavy (non-hydrogen) atoms. The predicted molar refractivity (Wildman–Crippen MR) is 197 cm³/mol. The minimum atomic E-state index is 0.903. The molecule has 3 heteroatoms. The summed E-state index contributed by atoms with van der Waals surface area (Å²) in [6, 6.07) is 57.0. The van der Waals surface area contributed by atoms with E-state index in [0.29, 0.717) is 0 Å². The van der Waals surface area contributed by atoms with Gasteiger partial charge in [-0.25, -0.2) is 0 Å². The van der Waals surface area contributed by atoms with Gasteiger partial charge in [0.15, 0.2) is 0 Å². The number of fused-ring (bicyclic) bond motifs is 14. The first-order valence-electron chi connectivity index (χ1n) is 16.1. The fourth-order valence-corrected chi connectivity index (χ4v) is 8.19. The molecule has 0 N–H and O–H groups in total. The van der Waals surface area contributed by atoms with Crippen molar-refractivity contribution in [1.82, 2.24) is 9.13 Å². The minimum Gasteiger partial charge on any atom is -0.456 e. The molecule has 0 amide bonds. The van der Waals surface area contributed by atoms with Crippen LogP contribution in [0.5, 0.6) is 0 Å². The molecule has 0 aliphatic rings. The smallest absolute Gasteiger partial charge is 0.137 e. The van der Waals surface area contributed by atoms with E-state index in [-0.39, 0.29) is 0 Å². The van der Waals surface area contributed by atoms with Crippen molar-refractivity contribution >= 4 is 87.1 Å². The predicted octanol–water partition coefficient (Wildman–Crippen LogP) is 12.1. The van der Waals surface area contributed by atoms with Crippen LogP contribution in [-0.2, 0) is 0 Å². The van der Waals surface area contributed by atoms with Gasteiger partial charge in [0.1, 0.15) is 11.2 Å². The monoisotopic (exact) mass is 598 g/mol. The zero-order valence-electron chi connectivity index (χ0n) is 25.3. The van der Waals surface area contributed by atoms with Gasteiger partial charge in [0.05, 0.1) is 33.1 Å². The van der Waals surface area contributed by atoms with Gasteiger partial charge in [0, 0.05) is 38.0 Å². The van der Waals surface area contributed by atoms with Crippen LogP contribution in [0, 0.1) is 0 Å². The Hall–Kier alpha value is -6.32. The van der Waals surface area contributed by atoms with E-state index in [1.807, 2.05) is 6.07 Å². The van der Waals surface area contributed by atoms with Crippen molar-refractivity contribution in [2.24, 2.45) is 0 Å². The van der Waals surface area contributed by atoms with Crippen molar-refractivity contribution < 1.29 is 4.42 Å². The van der Waals surface area contributed by atoms with Crippen LogP contribution in [0.1, 0.15) is 0 Å². The Morgan fingerprint density at radius 2 is 1.00 bits per heavy atom. The normalized spacial score (nSPS) is 12.3. The molecule has 0 aliphatic heterocycles. The number of para-hydroxylation sites is 3. The molecule has 11 aromatic rings. The molecular formula is C44H26N2O. The first-order chi connectivity index (χ1) is 23.3. The Morgan fingerprint density at radius 1 is 0.362 bits per heavy atom. The van der Waals surface area contributed by atoms with E-state index in [0.717, 1.165) is 27.6 Å². The van der Waals surface area contributed by atoms with Crippen molar-refractivity contribution in [3.63, 3.8) is 0 Å². The number of hydrogen-bond acceptors (Lipinski definition) is 1. The SMILES string of the molecule is c1ccc(-n2c3ccc4c(c5ccccc5n4-c4cc5ccccc5c5ccccc45)c3c3ccc4oc5ccccc5c4c32)cc1. The summed E-state index contributed by atoms with van der Waals surface area (Å²) in [5, 5.41) is 12.3. The Morgan fingerprint density at radius 3 is 1.85 bits per heavy atom. The zero-order chi connectivity index (χ0) is 30.6. The third-order valence-electron chi connectivity index (χ3n) is 10.1. The summed E-state index contributed by atoms with van der Waals surface area (Å²) in [5.74, 6) is 0. The maximum absolute atomic E-state index is 6.43. The summed E-state index contributed by atoms with van der Waals surface area (Å²) in [4.78, 5) is 0. The van der Waals surface area contributed by atoms with Crippen molar-refractivity contribution in [3.05, 3.63) is 158 Å². The Bertz CT molecular complexity index is 3070. The first kappa shape index (κ1) is 24.9. The van der Waals surface area contributed by atoms with Crippen LogP contribution in [0.4, 0.5) is 0 Å². The van der Waals surface area contributed by atoms with Gasteiger partial charge in [-0.1, -0.05) is 103 Å². The Kier molecular flexibility index (Phi) is 4.84. The van der Waals surface area contributed by atoms with E-state index in [2.05, 4.69) is 161 Å². The molecule has 0 unspecified atom stereocenters. The standard InChI is InChI=1S/C44H26N2O/c1-2-13-28(14-3-1)45-36-23-24-37-41(42(36)34-22-25-40-43(44(34)45)33-19-9-11-21-39(33)47-40)32-18-8-10-20-35(32)46(37)38-26-27-12-4-5-15-29(27)30-16-6-7-17-31(30)38/h1-26H. The molecule has 11 rings (SSSR count). The summed E-state index contributed by atoms with van der Waals surface area (Å²) < 4.78 is 11.3. The summed E-state index contributed by atoms with van der Waals surface area (Å²) in [6.45, 7) is 0. The fraction of sp³-hybridized carbons (Fsp3) is 0. The lowest BCUT2D eigenvalue weighted by Crippen LogP contribution is -1.96.